The van der Waals surface area contributed by atoms with Crippen LogP contribution in [0, 0.1) is 0 Å². The minimum atomic E-state index is 0.550. The maximum atomic E-state index is 6.32. The summed E-state index contributed by atoms with van der Waals surface area (Å²) in [6.45, 7) is 1.23. The quantitative estimate of drug-likeness (QED) is 0.381. The normalized spacial score (nSPS) is 11.0. The van der Waals surface area contributed by atoms with Gasteiger partial charge in [0, 0.05) is 28.2 Å². The van der Waals surface area contributed by atoms with Gasteiger partial charge in [-0.15, -0.1) is 0 Å². The van der Waals surface area contributed by atoms with E-state index in [0.29, 0.717) is 23.2 Å². The van der Waals surface area contributed by atoms with Gasteiger partial charge in [0.15, 0.2) is 0 Å². The lowest BCUT2D eigenvalue weighted by molar-refractivity contribution is 0.310. The van der Waals surface area contributed by atoms with Gasteiger partial charge in [-0.05, 0) is 41.5 Å². The second kappa shape index (κ2) is 7.45. The molecule has 0 spiro atoms. The molecule has 130 valence electrons. The lowest BCUT2D eigenvalue weighted by Crippen LogP contribution is -1.99. The van der Waals surface area contributed by atoms with Gasteiger partial charge in [0.1, 0.15) is 12.4 Å². The largest absolute Gasteiger partial charge is 0.488 e. The summed E-state index contributed by atoms with van der Waals surface area (Å²) < 4.78 is 8.22. The Morgan fingerprint density at radius 1 is 0.846 bits per heavy atom. The summed E-state index contributed by atoms with van der Waals surface area (Å²) in [5.74, 6) is 0.882. The maximum absolute atomic E-state index is 6.32. The number of fused-ring (bicyclic) bond motifs is 1. The van der Waals surface area contributed by atoms with Gasteiger partial charge in [0.2, 0.25) is 0 Å². The lowest BCUT2D eigenvalue weighted by atomic mass is 10.2. The summed E-state index contributed by atoms with van der Waals surface area (Å²) in [6.07, 6.45) is 2.06. The molecule has 0 bridgehead atoms. The Kier molecular flexibility index (Phi) is 4.87. The van der Waals surface area contributed by atoms with E-state index in [9.17, 15) is 0 Å². The number of hydrogen-bond acceptors (Lipinski definition) is 1. The van der Waals surface area contributed by atoms with Crippen molar-refractivity contribution in [1.29, 1.82) is 0 Å². The standard InChI is InChI=1S/C22H17Cl2NO/c23-18-10-9-17(20(24)13-18)14-25-12-11-19-21(25)7-4-8-22(19)26-15-16-5-2-1-3-6-16/h1-13H,14-15H2. The second-order valence-corrected chi connectivity index (χ2v) is 6.99. The van der Waals surface area contributed by atoms with Crippen LogP contribution in [0.15, 0.2) is 79.0 Å². The summed E-state index contributed by atoms with van der Waals surface area (Å²) in [5, 5.41) is 2.41. The van der Waals surface area contributed by atoms with Crippen molar-refractivity contribution in [3.63, 3.8) is 0 Å². The maximum Gasteiger partial charge on any atom is 0.129 e. The molecular formula is C22H17Cl2NO. The van der Waals surface area contributed by atoms with E-state index in [2.05, 4.69) is 35.0 Å². The van der Waals surface area contributed by atoms with Crippen molar-refractivity contribution >= 4 is 34.1 Å². The van der Waals surface area contributed by atoms with E-state index < -0.39 is 0 Å². The first-order valence-corrected chi connectivity index (χ1v) is 9.15. The van der Waals surface area contributed by atoms with Gasteiger partial charge < -0.3 is 9.30 Å². The molecule has 0 saturated carbocycles. The molecule has 4 heteroatoms. The Labute approximate surface area is 162 Å². The number of halogens is 2. The predicted molar refractivity (Wildman–Crippen MR) is 108 cm³/mol. The fourth-order valence-corrected chi connectivity index (χ4v) is 3.50. The van der Waals surface area contributed by atoms with Crippen LogP contribution in [0.4, 0.5) is 0 Å². The minimum Gasteiger partial charge on any atom is -0.488 e. The van der Waals surface area contributed by atoms with Crippen LogP contribution in [0.1, 0.15) is 11.1 Å². The highest BCUT2D eigenvalue weighted by atomic mass is 35.5. The number of nitrogens with zero attached hydrogens (tertiary/aromatic N) is 1. The first-order valence-electron chi connectivity index (χ1n) is 8.39. The van der Waals surface area contributed by atoms with Gasteiger partial charge in [-0.2, -0.15) is 0 Å². The Bertz CT molecular complexity index is 1040. The van der Waals surface area contributed by atoms with Gasteiger partial charge in [-0.3, -0.25) is 0 Å². The Balaban J connectivity index is 1.60. The van der Waals surface area contributed by atoms with Crippen LogP contribution < -0.4 is 4.74 Å². The Morgan fingerprint density at radius 3 is 2.50 bits per heavy atom. The van der Waals surface area contributed by atoms with E-state index >= 15 is 0 Å². The molecule has 1 aromatic heterocycles. The number of ether oxygens (including phenoxy) is 1. The van der Waals surface area contributed by atoms with Crippen molar-refractivity contribution in [1.82, 2.24) is 4.57 Å². The van der Waals surface area contributed by atoms with Gasteiger partial charge in [-0.25, -0.2) is 0 Å². The summed E-state index contributed by atoms with van der Waals surface area (Å²) in [5.41, 5.74) is 3.29. The average molecular weight is 382 g/mol. The van der Waals surface area contributed by atoms with Crippen molar-refractivity contribution in [2.45, 2.75) is 13.2 Å². The first kappa shape index (κ1) is 17.0. The second-order valence-electron chi connectivity index (χ2n) is 6.14. The number of rotatable bonds is 5. The highest BCUT2D eigenvalue weighted by molar-refractivity contribution is 6.35. The molecule has 0 unspecified atom stereocenters. The fourth-order valence-electron chi connectivity index (χ4n) is 3.03. The van der Waals surface area contributed by atoms with Crippen LogP contribution in [0.5, 0.6) is 5.75 Å². The summed E-state index contributed by atoms with van der Waals surface area (Å²) in [7, 11) is 0. The topological polar surface area (TPSA) is 14.2 Å². The molecule has 0 aliphatic rings. The molecule has 2 nitrogen and oxygen atoms in total. The molecule has 0 amide bonds. The monoisotopic (exact) mass is 381 g/mol. The SMILES string of the molecule is Clc1ccc(Cn2ccc3c(OCc4ccccc4)cccc32)c(Cl)c1. The van der Waals surface area contributed by atoms with Crippen LogP contribution in [0.3, 0.4) is 0 Å². The summed E-state index contributed by atoms with van der Waals surface area (Å²) in [4.78, 5) is 0. The molecule has 0 aliphatic carbocycles. The smallest absolute Gasteiger partial charge is 0.129 e. The number of hydrogen-bond donors (Lipinski definition) is 0. The highest BCUT2D eigenvalue weighted by Crippen LogP contribution is 2.29. The van der Waals surface area contributed by atoms with Crippen molar-refractivity contribution in [2.24, 2.45) is 0 Å². The molecule has 4 aromatic rings. The zero-order valence-electron chi connectivity index (χ0n) is 14.0. The highest BCUT2D eigenvalue weighted by Gasteiger charge is 2.09. The van der Waals surface area contributed by atoms with E-state index in [1.165, 1.54) is 0 Å². The van der Waals surface area contributed by atoms with Crippen molar-refractivity contribution in [2.75, 3.05) is 0 Å². The third kappa shape index (κ3) is 3.57. The van der Waals surface area contributed by atoms with Crippen molar-refractivity contribution in [3.05, 3.63) is 100 Å². The molecule has 0 N–H and O–H groups in total. The molecule has 0 saturated heterocycles. The molecule has 0 atom stereocenters. The Morgan fingerprint density at radius 2 is 1.69 bits per heavy atom. The van der Waals surface area contributed by atoms with Crippen LogP contribution in [0.25, 0.3) is 10.9 Å². The van der Waals surface area contributed by atoms with Gasteiger partial charge in [-0.1, -0.05) is 65.7 Å². The predicted octanol–water partition coefficient (Wildman–Crippen LogP) is 6.58. The summed E-state index contributed by atoms with van der Waals surface area (Å²) in [6, 6.07) is 24.0. The fraction of sp³-hybridized carbons (Fsp3) is 0.0909. The molecule has 26 heavy (non-hydrogen) atoms. The number of aromatic nitrogens is 1. The molecule has 0 aliphatic heterocycles. The third-order valence-corrected chi connectivity index (χ3v) is 4.95. The van der Waals surface area contributed by atoms with Gasteiger partial charge in [0.25, 0.3) is 0 Å². The zero-order chi connectivity index (χ0) is 17.9. The molecule has 0 radical (unpaired) electrons. The number of benzene rings is 3. The average Bonchev–Trinajstić information content (AvgIpc) is 3.07. The van der Waals surface area contributed by atoms with Gasteiger partial charge >= 0.3 is 0 Å². The summed E-state index contributed by atoms with van der Waals surface area (Å²) >= 11 is 12.3. The molecule has 0 fully saturated rings. The van der Waals surface area contributed by atoms with Crippen LogP contribution in [-0.2, 0) is 13.2 Å². The van der Waals surface area contributed by atoms with E-state index in [0.717, 1.165) is 27.8 Å². The molecule has 3 aromatic carbocycles. The zero-order valence-corrected chi connectivity index (χ0v) is 15.5. The van der Waals surface area contributed by atoms with Crippen LogP contribution in [-0.4, -0.2) is 4.57 Å². The van der Waals surface area contributed by atoms with Crippen molar-refractivity contribution < 1.29 is 4.74 Å². The molecular weight excluding hydrogens is 365 g/mol. The molecule has 1 heterocycles. The third-order valence-electron chi connectivity index (χ3n) is 4.37. The lowest BCUT2D eigenvalue weighted by Gasteiger charge is -2.10. The van der Waals surface area contributed by atoms with Crippen LogP contribution >= 0.6 is 23.2 Å². The van der Waals surface area contributed by atoms with E-state index in [-0.39, 0.29) is 0 Å². The minimum absolute atomic E-state index is 0.550. The van der Waals surface area contributed by atoms with E-state index in [1.54, 1.807) is 6.07 Å². The van der Waals surface area contributed by atoms with Crippen LogP contribution in [0.2, 0.25) is 10.0 Å². The first-order chi connectivity index (χ1) is 12.7. The van der Waals surface area contributed by atoms with Gasteiger partial charge in [0.05, 0.1) is 5.52 Å². The Hall–Kier alpha value is -2.42. The molecule has 4 rings (SSSR count). The van der Waals surface area contributed by atoms with E-state index in [1.807, 2.05) is 42.5 Å². The van der Waals surface area contributed by atoms with E-state index in [4.69, 9.17) is 27.9 Å². The van der Waals surface area contributed by atoms with Crippen molar-refractivity contribution in [3.8, 4) is 5.75 Å².